The van der Waals surface area contributed by atoms with Crippen LogP contribution in [0, 0.1) is 5.92 Å². The smallest absolute Gasteiger partial charge is 0.223 e. The molecule has 2 rings (SSSR count). The maximum atomic E-state index is 5.89. The van der Waals surface area contributed by atoms with Crippen LogP contribution < -0.4 is 10.6 Å². The van der Waals surface area contributed by atoms with E-state index in [9.17, 15) is 0 Å². The first-order valence-corrected chi connectivity index (χ1v) is 6.68. The van der Waals surface area contributed by atoms with Crippen molar-refractivity contribution in [2.24, 2.45) is 5.92 Å². The van der Waals surface area contributed by atoms with Crippen molar-refractivity contribution in [3.63, 3.8) is 0 Å². The Morgan fingerprint density at radius 2 is 2.32 bits per heavy atom. The van der Waals surface area contributed by atoms with Gasteiger partial charge in [0.25, 0.3) is 0 Å². The minimum absolute atomic E-state index is 0.210. The summed E-state index contributed by atoms with van der Waals surface area (Å²) in [6.45, 7) is 3.85. The van der Waals surface area contributed by atoms with E-state index in [2.05, 4.69) is 14.9 Å². The van der Waals surface area contributed by atoms with Crippen molar-refractivity contribution in [2.75, 3.05) is 50.7 Å². The Bertz CT molecular complexity index is 398. The summed E-state index contributed by atoms with van der Waals surface area (Å²) >= 11 is 5.89. The molecule has 106 valence electrons. The largest absolute Gasteiger partial charge is 0.382 e. The van der Waals surface area contributed by atoms with Crippen molar-refractivity contribution < 1.29 is 9.47 Å². The predicted octanol–water partition coefficient (Wildman–Crippen LogP) is 1.20. The Labute approximate surface area is 117 Å². The summed E-state index contributed by atoms with van der Waals surface area (Å²) in [6.07, 6.45) is 1.08. The molecule has 6 nitrogen and oxygen atoms in total. The molecule has 0 spiro atoms. The summed E-state index contributed by atoms with van der Waals surface area (Å²) in [5.41, 5.74) is 5.60. The highest BCUT2D eigenvalue weighted by Crippen LogP contribution is 2.24. The molecular weight excluding hydrogens is 268 g/mol. The number of aromatic nitrogens is 2. The number of nitrogens with zero attached hydrogens (tertiary/aromatic N) is 3. The molecule has 0 bridgehead atoms. The average molecular weight is 287 g/mol. The molecule has 2 N–H and O–H groups in total. The SMILES string of the molecule is COCCOCC1CCN(c2cc(Cl)nc(N)n2)C1. The van der Waals surface area contributed by atoms with Crippen LogP contribution in [0.5, 0.6) is 0 Å². The maximum Gasteiger partial charge on any atom is 0.223 e. The zero-order valence-corrected chi connectivity index (χ0v) is 11.8. The van der Waals surface area contributed by atoms with Gasteiger partial charge < -0.3 is 20.1 Å². The first-order valence-electron chi connectivity index (χ1n) is 6.30. The third-order valence-corrected chi connectivity index (χ3v) is 3.29. The Hall–Kier alpha value is -1.11. The maximum absolute atomic E-state index is 5.89. The Morgan fingerprint density at radius 1 is 1.47 bits per heavy atom. The zero-order chi connectivity index (χ0) is 13.7. The first-order chi connectivity index (χ1) is 9.19. The number of rotatable bonds is 6. The standard InChI is InChI=1S/C12H19ClN4O2/c1-18-4-5-19-8-9-2-3-17(7-9)11-6-10(13)15-12(14)16-11/h6,9H,2-5,7-8H2,1H3,(H2,14,15,16). The summed E-state index contributed by atoms with van der Waals surface area (Å²) < 4.78 is 10.5. The fourth-order valence-electron chi connectivity index (χ4n) is 2.15. The summed E-state index contributed by atoms with van der Waals surface area (Å²) in [7, 11) is 1.67. The molecule has 1 aliphatic heterocycles. The second-order valence-electron chi connectivity index (χ2n) is 4.58. The lowest BCUT2D eigenvalue weighted by atomic mass is 10.1. The first kappa shape index (κ1) is 14.3. The Balaban J connectivity index is 1.84. The van der Waals surface area contributed by atoms with Crippen LogP contribution in [0.1, 0.15) is 6.42 Å². The summed E-state index contributed by atoms with van der Waals surface area (Å²) in [4.78, 5) is 10.2. The van der Waals surface area contributed by atoms with Gasteiger partial charge in [0.2, 0.25) is 5.95 Å². The number of halogens is 1. The van der Waals surface area contributed by atoms with Gasteiger partial charge in [0.15, 0.2) is 0 Å². The van der Waals surface area contributed by atoms with Gasteiger partial charge in [-0.2, -0.15) is 4.98 Å². The van der Waals surface area contributed by atoms with Crippen molar-refractivity contribution in [1.29, 1.82) is 0 Å². The highest BCUT2D eigenvalue weighted by Gasteiger charge is 2.24. The fraction of sp³-hybridized carbons (Fsp3) is 0.667. The topological polar surface area (TPSA) is 73.5 Å². The van der Waals surface area contributed by atoms with Gasteiger partial charge in [-0.15, -0.1) is 0 Å². The quantitative estimate of drug-likeness (QED) is 0.626. The van der Waals surface area contributed by atoms with E-state index in [1.54, 1.807) is 13.2 Å². The second kappa shape index (κ2) is 6.88. The van der Waals surface area contributed by atoms with Crippen LogP contribution in [0.25, 0.3) is 0 Å². The monoisotopic (exact) mass is 286 g/mol. The molecule has 1 atom stereocenters. The number of methoxy groups -OCH3 is 1. The van der Waals surface area contributed by atoms with Gasteiger partial charge >= 0.3 is 0 Å². The molecule has 2 heterocycles. The van der Waals surface area contributed by atoms with E-state index in [0.717, 1.165) is 31.9 Å². The van der Waals surface area contributed by atoms with Crippen LogP contribution in [-0.2, 0) is 9.47 Å². The fourth-order valence-corrected chi connectivity index (χ4v) is 2.34. The minimum atomic E-state index is 0.210. The second-order valence-corrected chi connectivity index (χ2v) is 4.96. The average Bonchev–Trinajstić information content (AvgIpc) is 2.82. The minimum Gasteiger partial charge on any atom is -0.382 e. The van der Waals surface area contributed by atoms with Gasteiger partial charge in [-0.3, -0.25) is 0 Å². The third-order valence-electron chi connectivity index (χ3n) is 3.09. The van der Waals surface area contributed by atoms with Gasteiger partial charge in [0.05, 0.1) is 19.8 Å². The molecule has 1 unspecified atom stereocenters. The predicted molar refractivity (Wildman–Crippen MR) is 74.5 cm³/mol. The molecule has 1 aromatic rings. The molecule has 0 aliphatic carbocycles. The molecule has 1 fully saturated rings. The normalized spacial score (nSPS) is 19.1. The Kier molecular flexibility index (Phi) is 5.18. The summed E-state index contributed by atoms with van der Waals surface area (Å²) in [5, 5.41) is 0.377. The van der Waals surface area contributed by atoms with E-state index in [1.165, 1.54) is 0 Å². The van der Waals surface area contributed by atoms with Crippen LogP contribution >= 0.6 is 11.6 Å². The molecule has 1 aliphatic rings. The highest BCUT2D eigenvalue weighted by atomic mass is 35.5. The summed E-state index contributed by atoms with van der Waals surface area (Å²) in [5.74, 6) is 1.51. The number of anilines is 2. The number of nitrogen functional groups attached to an aromatic ring is 1. The van der Waals surface area contributed by atoms with Crippen molar-refractivity contribution in [1.82, 2.24) is 9.97 Å². The van der Waals surface area contributed by atoms with Gasteiger partial charge in [-0.1, -0.05) is 11.6 Å². The molecule has 0 radical (unpaired) electrons. The molecule has 7 heteroatoms. The van der Waals surface area contributed by atoms with Gasteiger partial charge in [-0.05, 0) is 6.42 Å². The molecule has 0 aromatic carbocycles. The van der Waals surface area contributed by atoms with E-state index in [-0.39, 0.29) is 5.95 Å². The van der Waals surface area contributed by atoms with E-state index in [0.29, 0.717) is 24.3 Å². The Morgan fingerprint density at radius 3 is 3.05 bits per heavy atom. The van der Waals surface area contributed by atoms with Crippen LogP contribution in [0.15, 0.2) is 6.07 Å². The molecule has 1 aromatic heterocycles. The van der Waals surface area contributed by atoms with Crippen molar-refractivity contribution in [2.45, 2.75) is 6.42 Å². The lowest BCUT2D eigenvalue weighted by Gasteiger charge is -2.17. The third kappa shape index (κ3) is 4.19. The van der Waals surface area contributed by atoms with Crippen LogP contribution in [0.2, 0.25) is 5.15 Å². The lowest BCUT2D eigenvalue weighted by Crippen LogP contribution is -2.23. The number of nitrogens with two attached hydrogens (primary N) is 1. The van der Waals surface area contributed by atoms with Crippen molar-refractivity contribution >= 4 is 23.4 Å². The van der Waals surface area contributed by atoms with Crippen LogP contribution in [0.4, 0.5) is 11.8 Å². The van der Waals surface area contributed by atoms with E-state index in [4.69, 9.17) is 26.8 Å². The summed E-state index contributed by atoms with van der Waals surface area (Å²) in [6, 6.07) is 1.74. The molecule has 0 saturated carbocycles. The van der Waals surface area contributed by atoms with E-state index in [1.807, 2.05) is 0 Å². The van der Waals surface area contributed by atoms with Crippen molar-refractivity contribution in [3.8, 4) is 0 Å². The number of hydrogen-bond donors (Lipinski definition) is 1. The number of hydrogen-bond acceptors (Lipinski definition) is 6. The van der Waals surface area contributed by atoms with Crippen LogP contribution in [0.3, 0.4) is 0 Å². The van der Waals surface area contributed by atoms with Crippen LogP contribution in [-0.4, -0.2) is 50.0 Å². The van der Waals surface area contributed by atoms with Crippen molar-refractivity contribution in [3.05, 3.63) is 11.2 Å². The van der Waals surface area contributed by atoms with E-state index >= 15 is 0 Å². The van der Waals surface area contributed by atoms with Gasteiger partial charge in [-0.25, -0.2) is 4.98 Å². The molecule has 0 amide bonds. The number of ether oxygens (including phenoxy) is 2. The van der Waals surface area contributed by atoms with Gasteiger partial charge in [0.1, 0.15) is 11.0 Å². The lowest BCUT2D eigenvalue weighted by molar-refractivity contribution is 0.0549. The molecular formula is C12H19ClN4O2. The zero-order valence-electron chi connectivity index (χ0n) is 11.0. The molecule has 19 heavy (non-hydrogen) atoms. The van der Waals surface area contributed by atoms with E-state index < -0.39 is 0 Å². The highest BCUT2D eigenvalue weighted by molar-refractivity contribution is 6.29. The molecule has 1 saturated heterocycles. The van der Waals surface area contributed by atoms with Gasteiger partial charge in [0, 0.05) is 32.2 Å².